The van der Waals surface area contributed by atoms with E-state index in [-0.39, 0.29) is 5.69 Å². The minimum absolute atomic E-state index is 0.187. The van der Waals surface area contributed by atoms with Gasteiger partial charge in [-0.1, -0.05) is 13.3 Å². The van der Waals surface area contributed by atoms with Crippen LogP contribution in [0.5, 0.6) is 0 Å². The van der Waals surface area contributed by atoms with Gasteiger partial charge in [-0.15, -0.1) is 0 Å². The molecule has 0 atom stereocenters. The lowest BCUT2D eigenvalue weighted by atomic mass is 10.2. The third kappa shape index (κ3) is 1.64. The summed E-state index contributed by atoms with van der Waals surface area (Å²) in [7, 11) is 0. The monoisotopic (exact) mass is 219 g/mol. The summed E-state index contributed by atoms with van der Waals surface area (Å²) < 4.78 is 1.41. The van der Waals surface area contributed by atoms with Crippen molar-refractivity contribution >= 4 is 11.6 Å². The van der Waals surface area contributed by atoms with Gasteiger partial charge in [0.15, 0.2) is 11.3 Å². The Morgan fingerprint density at radius 1 is 1.56 bits per heavy atom. The third-order valence-corrected chi connectivity index (χ3v) is 2.43. The zero-order valence-electron chi connectivity index (χ0n) is 9.27. The van der Waals surface area contributed by atoms with Crippen LogP contribution in [0.1, 0.15) is 35.1 Å². The Bertz CT molecular complexity index is 545. The number of aromatic nitrogens is 3. The van der Waals surface area contributed by atoms with Crippen molar-refractivity contribution in [3.8, 4) is 0 Å². The number of carbonyl (C=O) groups is 1. The summed E-state index contributed by atoms with van der Waals surface area (Å²) in [5.74, 6) is -0.976. The summed E-state index contributed by atoms with van der Waals surface area (Å²) >= 11 is 0. The molecule has 0 saturated heterocycles. The molecule has 0 aliphatic heterocycles. The fourth-order valence-corrected chi connectivity index (χ4v) is 1.70. The molecule has 84 valence electrons. The SMILES string of the molecule is CCCc1cc2ncc(C)c(C(=O)O)n2n1. The lowest BCUT2D eigenvalue weighted by Gasteiger charge is -2.02. The molecule has 0 radical (unpaired) electrons. The zero-order valence-corrected chi connectivity index (χ0v) is 9.27. The van der Waals surface area contributed by atoms with E-state index in [1.165, 1.54) is 4.52 Å². The van der Waals surface area contributed by atoms with E-state index in [4.69, 9.17) is 5.11 Å². The fourth-order valence-electron chi connectivity index (χ4n) is 1.70. The quantitative estimate of drug-likeness (QED) is 0.852. The average Bonchev–Trinajstić information content (AvgIpc) is 2.59. The van der Waals surface area contributed by atoms with Gasteiger partial charge in [-0.25, -0.2) is 14.3 Å². The minimum atomic E-state index is -0.976. The number of hydrogen-bond donors (Lipinski definition) is 1. The van der Waals surface area contributed by atoms with Gasteiger partial charge in [0.1, 0.15) is 0 Å². The molecular weight excluding hydrogens is 206 g/mol. The highest BCUT2D eigenvalue weighted by Crippen LogP contribution is 2.12. The Morgan fingerprint density at radius 2 is 2.31 bits per heavy atom. The molecule has 2 rings (SSSR count). The van der Waals surface area contributed by atoms with Crippen molar-refractivity contribution < 1.29 is 9.90 Å². The molecule has 2 aromatic rings. The van der Waals surface area contributed by atoms with Crippen molar-refractivity contribution in [3.63, 3.8) is 0 Å². The molecule has 0 aromatic carbocycles. The van der Waals surface area contributed by atoms with E-state index in [2.05, 4.69) is 17.0 Å². The van der Waals surface area contributed by atoms with Gasteiger partial charge >= 0.3 is 5.97 Å². The predicted octanol–water partition coefficient (Wildman–Crippen LogP) is 1.69. The van der Waals surface area contributed by atoms with E-state index < -0.39 is 5.97 Å². The number of aryl methyl sites for hydroxylation is 2. The normalized spacial score (nSPS) is 10.9. The van der Waals surface area contributed by atoms with Crippen LogP contribution in [0.2, 0.25) is 0 Å². The Kier molecular flexibility index (Phi) is 2.60. The van der Waals surface area contributed by atoms with Gasteiger partial charge in [-0.05, 0) is 13.3 Å². The summed E-state index contributed by atoms with van der Waals surface area (Å²) in [5.41, 5.74) is 2.27. The first-order chi connectivity index (χ1) is 7.63. The minimum Gasteiger partial charge on any atom is -0.476 e. The first kappa shape index (κ1) is 10.6. The van der Waals surface area contributed by atoms with E-state index in [9.17, 15) is 4.79 Å². The molecule has 0 unspecified atom stereocenters. The maximum atomic E-state index is 11.1. The van der Waals surface area contributed by atoms with Gasteiger partial charge < -0.3 is 5.11 Å². The van der Waals surface area contributed by atoms with E-state index in [1.807, 2.05) is 6.07 Å². The van der Waals surface area contributed by atoms with Crippen molar-refractivity contribution in [2.24, 2.45) is 0 Å². The lowest BCUT2D eigenvalue weighted by Crippen LogP contribution is -2.10. The summed E-state index contributed by atoms with van der Waals surface area (Å²) in [6.07, 6.45) is 3.38. The lowest BCUT2D eigenvalue weighted by molar-refractivity contribution is 0.0686. The summed E-state index contributed by atoms with van der Waals surface area (Å²) in [6, 6.07) is 1.83. The third-order valence-electron chi connectivity index (χ3n) is 2.43. The van der Waals surface area contributed by atoms with Crippen LogP contribution in [0.3, 0.4) is 0 Å². The zero-order chi connectivity index (χ0) is 11.7. The molecule has 0 spiro atoms. The highest BCUT2D eigenvalue weighted by molar-refractivity contribution is 5.87. The van der Waals surface area contributed by atoms with Gasteiger partial charge in [0, 0.05) is 17.8 Å². The van der Waals surface area contributed by atoms with Gasteiger partial charge in [0.25, 0.3) is 0 Å². The molecule has 5 nitrogen and oxygen atoms in total. The second-order valence-electron chi connectivity index (χ2n) is 3.75. The molecule has 2 aromatic heterocycles. The van der Waals surface area contributed by atoms with Crippen molar-refractivity contribution in [2.45, 2.75) is 26.7 Å². The molecule has 0 fully saturated rings. The highest BCUT2D eigenvalue weighted by Gasteiger charge is 2.14. The average molecular weight is 219 g/mol. The number of nitrogens with zero attached hydrogens (tertiary/aromatic N) is 3. The van der Waals surface area contributed by atoms with Gasteiger partial charge in [-0.2, -0.15) is 5.10 Å². The predicted molar refractivity (Wildman–Crippen MR) is 58.7 cm³/mol. The number of carboxylic acids is 1. The Labute approximate surface area is 92.7 Å². The number of rotatable bonds is 3. The molecule has 0 aliphatic carbocycles. The number of aromatic carboxylic acids is 1. The summed E-state index contributed by atoms with van der Waals surface area (Å²) in [6.45, 7) is 3.78. The molecule has 2 heterocycles. The Balaban J connectivity index is 2.67. The highest BCUT2D eigenvalue weighted by atomic mass is 16.4. The maximum Gasteiger partial charge on any atom is 0.354 e. The van der Waals surface area contributed by atoms with Gasteiger partial charge in [0.2, 0.25) is 0 Å². The second-order valence-corrected chi connectivity index (χ2v) is 3.75. The van der Waals surface area contributed by atoms with E-state index >= 15 is 0 Å². The van der Waals surface area contributed by atoms with Crippen molar-refractivity contribution in [1.29, 1.82) is 0 Å². The van der Waals surface area contributed by atoms with Crippen molar-refractivity contribution in [3.05, 3.63) is 29.2 Å². The largest absolute Gasteiger partial charge is 0.476 e. The van der Waals surface area contributed by atoms with Crippen LogP contribution in [0.15, 0.2) is 12.3 Å². The number of hydrogen-bond acceptors (Lipinski definition) is 3. The van der Waals surface area contributed by atoms with Crippen LogP contribution in [0.25, 0.3) is 5.65 Å². The number of fused-ring (bicyclic) bond motifs is 1. The molecule has 1 N–H and O–H groups in total. The molecule has 0 bridgehead atoms. The first-order valence-corrected chi connectivity index (χ1v) is 5.21. The van der Waals surface area contributed by atoms with E-state index in [0.29, 0.717) is 11.2 Å². The molecule has 0 saturated carbocycles. The van der Waals surface area contributed by atoms with Crippen LogP contribution >= 0.6 is 0 Å². The van der Waals surface area contributed by atoms with E-state index in [0.717, 1.165) is 18.5 Å². The molecule has 16 heavy (non-hydrogen) atoms. The topological polar surface area (TPSA) is 67.5 Å². The van der Waals surface area contributed by atoms with Crippen molar-refractivity contribution in [2.75, 3.05) is 0 Å². The molecule has 5 heteroatoms. The second kappa shape index (κ2) is 3.92. The van der Waals surface area contributed by atoms with Crippen LogP contribution in [-0.4, -0.2) is 25.7 Å². The molecular formula is C11H13N3O2. The van der Waals surface area contributed by atoms with Crippen molar-refractivity contribution in [1.82, 2.24) is 14.6 Å². The van der Waals surface area contributed by atoms with Crippen LogP contribution in [-0.2, 0) is 6.42 Å². The first-order valence-electron chi connectivity index (χ1n) is 5.21. The number of carboxylic acid groups (broad SMARTS) is 1. The van der Waals surface area contributed by atoms with E-state index in [1.54, 1.807) is 13.1 Å². The van der Waals surface area contributed by atoms with Crippen LogP contribution in [0, 0.1) is 6.92 Å². The standard InChI is InChI=1S/C11H13N3O2/c1-3-4-8-5-9-12-6-7(2)10(11(15)16)14(9)13-8/h5-6H,3-4H2,1-2H3,(H,15,16). The van der Waals surface area contributed by atoms with Crippen LogP contribution < -0.4 is 0 Å². The molecule has 0 aliphatic rings. The fraction of sp³-hybridized carbons (Fsp3) is 0.364. The Morgan fingerprint density at radius 3 is 2.94 bits per heavy atom. The van der Waals surface area contributed by atoms with Gasteiger partial charge in [-0.3, -0.25) is 0 Å². The maximum absolute atomic E-state index is 11.1. The summed E-state index contributed by atoms with van der Waals surface area (Å²) in [5, 5.41) is 13.4. The van der Waals surface area contributed by atoms with Crippen LogP contribution in [0.4, 0.5) is 0 Å². The van der Waals surface area contributed by atoms with Gasteiger partial charge in [0.05, 0.1) is 5.69 Å². The summed E-state index contributed by atoms with van der Waals surface area (Å²) in [4.78, 5) is 15.3. The Hall–Kier alpha value is -1.91. The molecule has 0 amide bonds. The smallest absolute Gasteiger partial charge is 0.354 e.